The first kappa shape index (κ1) is 17.4. The Hall–Kier alpha value is -3.41. The van der Waals surface area contributed by atoms with Gasteiger partial charge in [-0.25, -0.2) is 4.68 Å². The molecule has 2 aromatic carbocycles. The Bertz CT molecular complexity index is 978. The van der Waals surface area contributed by atoms with Gasteiger partial charge >= 0.3 is 0 Å². The molecule has 0 spiro atoms. The lowest BCUT2D eigenvalue weighted by atomic mass is 10.2. The number of hydrogen-bond donors (Lipinski definition) is 1. The molecule has 0 saturated carbocycles. The van der Waals surface area contributed by atoms with Crippen LogP contribution in [0, 0.1) is 6.92 Å². The molecular weight excluding hydrogens is 330 g/mol. The number of aromatic nitrogens is 2. The third-order valence-corrected chi connectivity index (χ3v) is 3.71. The first-order chi connectivity index (χ1) is 12.6. The summed E-state index contributed by atoms with van der Waals surface area (Å²) >= 11 is 0. The average Bonchev–Trinajstić information content (AvgIpc) is 2.63. The van der Waals surface area contributed by atoms with Gasteiger partial charge in [-0.1, -0.05) is 12.1 Å². The lowest BCUT2D eigenvalue weighted by Gasteiger charge is -2.09. The number of carbonyl (C=O) groups is 1. The minimum Gasteiger partial charge on any atom is -0.494 e. The highest BCUT2D eigenvalue weighted by Crippen LogP contribution is 2.15. The summed E-state index contributed by atoms with van der Waals surface area (Å²) in [5.41, 5.74) is 1.75. The molecule has 0 aliphatic rings. The smallest absolute Gasteiger partial charge is 0.280 e. The van der Waals surface area contributed by atoms with Crippen LogP contribution in [0.3, 0.4) is 0 Å². The monoisotopic (exact) mass is 349 g/mol. The SMILES string of the molecule is CCOc1ccc(-n2ccc(=O)c(C(=O)Nc3cccc(C)c3)n2)cc1. The predicted molar refractivity (Wildman–Crippen MR) is 100 cm³/mol. The number of nitrogens with zero attached hydrogens (tertiary/aromatic N) is 2. The fraction of sp³-hybridized carbons (Fsp3) is 0.150. The van der Waals surface area contributed by atoms with Gasteiger partial charge in [-0.15, -0.1) is 0 Å². The molecular formula is C20H19N3O3. The zero-order chi connectivity index (χ0) is 18.5. The van der Waals surface area contributed by atoms with Gasteiger partial charge in [-0.3, -0.25) is 9.59 Å². The first-order valence-corrected chi connectivity index (χ1v) is 8.28. The van der Waals surface area contributed by atoms with E-state index >= 15 is 0 Å². The number of aryl methyl sites for hydroxylation is 1. The minimum atomic E-state index is -0.541. The molecule has 1 N–H and O–H groups in total. The van der Waals surface area contributed by atoms with E-state index in [2.05, 4.69) is 10.4 Å². The fourth-order valence-electron chi connectivity index (χ4n) is 2.48. The molecule has 3 aromatic rings. The Kier molecular flexibility index (Phi) is 5.12. The van der Waals surface area contributed by atoms with Crippen molar-refractivity contribution in [3.63, 3.8) is 0 Å². The van der Waals surface area contributed by atoms with Crippen LogP contribution in [0.4, 0.5) is 5.69 Å². The topological polar surface area (TPSA) is 73.2 Å². The van der Waals surface area contributed by atoms with E-state index in [0.29, 0.717) is 12.3 Å². The van der Waals surface area contributed by atoms with E-state index in [0.717, 1.165) is 17.0 Å². The third kappa shape index (κ3) is 3.97. The van der Waals surface area contributed by atoms with Crippen molar-refractivity contribution in [2.45, 2.75) is 13.8 Å². The molecule has 1 aromatic heterocycles. The molecule has 0 aliphatic carbocycles. The lowest BCUT2D eigenvalue weighted by Crippen LogP contribution is -2.25. The van der Waals surface area contributed by atoms with E-state index < -0.39 is 11.3 Å². The van der Waals surface area contributed by atoms with Crippen molar-refractivity contribution < 1.29 is 9.53 Å². The molecule has 0 atom stereocenters. The summed E-state index contributed by atoms with van der Waals surface area (Å²) in [6.45, 7) is 4.42. The van der Waals surface area contributed by atoms with Crippen molar-refractivity contribution >= 4 is 11.6 Å². The molecule has 0 unspecified atom stereocenters. The summed E-state index contributed by atoms with van der Waals surface area (Å²) in [5.74, 6) is 0.204. The molecule has 0 radical (unpaired) electrons. The van der Waals surface area contributed by atoms with Gasteiger partial charge in [-0.2, -0.15) is 5.10 Å². The normalized spacial score (nSPS) is 10.4. The second-order valence-electron chi connectivity index (χ2n) is 5.72. The van der Waals surface area contributed by atoms with Crippen molar-refractivity contribution in [3.05, 3.63) is 82.3 Å². The number of carbonyl (C=O) groups excluding carboxylic acids is 1. The molecule has 6 nitrogen and oxygen atoms in total. The Labute approximate surface area is 151 Å². The Morgan fingerprint density at radius 2 is 1.92 bits per heavy atom. The van der Waals surface area contributed by atoms with Crippen LogP contribution in [0.5, 0.6) is 5.75 Å². The zero-order valence-corrected chi connectivity index (χ0v) is 14.6. The molecule has 26 heavy (non-hydrogen) atoms. The number of amides is 1. The van der Waals surface area contributed by atoms with Crippen LogP contribution in [0.2, 0.25) is 0 Å². The zero-order valence-electron chi connectivity index (χ0n) is 14.6. The molecule has 1 amide bonds. The lowest BCUT2D eigenvalue weighted by molar-refractivity contribution is 0.101. The van der Waals surface area contributed by atoms with Crippen LogP contribution in [0.15, 0.2) is 65.6 Å². The summed E-state index contributed by atoms with van der Waals surface area (Å²) < 4.78 is 6.90. The van der Waals surface area contributed by atoms with Crippen molar-refractivity contribution in [2.24, 2.45) is 0 Å². The summed E-state index contributed by atoms with van der Waals surface area (Å²) in [5, 5.41) is 6.90. The molecule has 6 heteroatoms. The molecule has 1 heterocycles. The summed E-state index contributed by atoms with van der Waals surface area (Å²) in [6.07, 6.45) is 1.53. The van der Waals surface area contributed by atoms with Crippen LogP contribution in [-0.4, -0.2) is 22.3 Å². The molecule has 3 rings (SSSR count). The summed E-state index contributed by atoms with van der Waals surface area (Å²) in [6, 6.07) is 15.9. The third-order valence-electron chi connectivity index (χ3n) is 3.71. The number of benzene rings is 2. The van der Waals surface area contributed by atoms with Crippen molar-refractivity contribution in [1.82, 2.24) is 9.78 Å². The van der Waals surface area contributed by atoms with Gasteiger partial charge in [0.1, 0.15) is 5.75 Å². The minimum absolute atomic E-state index is 0.164. The number of hydrogen-bond acceptors (Lipinski definition) is 4. The average molecular weight is 349 g/mol. The van der Waals surface area contributed by atoms with E-state index in [-0.39, 0.29) is 5.69 Å². The van der Waals surface area contributed by atoms with Crippen molar-refractivity contribution in [1.29, 1.82) is 0 Å². The maximum atomic E-state index is 12.5. The predicted octanol–water partition coefficient (Wildman–Crippen LogP) is 3.19. The molecule has 0 saturated heterocycles. The maximum Gasteiger partial charge on any atom is 0.280 e. The highest BCUT2D eigenvalue weighted by molar-refractivity contribution is 6.02. The van der Waals surface area contributed by atoms with Gasteiger partial charge in [0.15, 0.2) is 5.69 Å². The summed E-state index contributed by atoms with van der Waals surface area (Å²) in [7, 11) is 0. The van der Waals surface area contributed by atoms with Gasteiger partial charge in [-0.05, 0) is 55.8 Å². The van der Waals surface area contributed by atoms with E-state index in [1.165, 1.54) is 16.9 Å². The van der Waals surface area contributed by atoms with E-state index in [1.807, 2.05) is 56.3 Å². The van der Waals surface area contributed by atoms with Crippen LogP contribution >= 0.6 is 0 Å². The second kappa shape index (κ2) is 7.65. The second-order valence-corrected chi connectivity index (χ2v) is 5.72. The number of anilines is 1. The largest absolute Gasteiger partial charge is 0.494 e. The maximum absolute atomic E-state index is 12.5. The van der Waals surface area contributed by atoms with Crippen LogP contribution < -0.4 is 15.5 Å². The van der Waals surface area contributed by atoms with Crippen LogP contribution in [0.25, 0.3) is 5.69 Å². The van der Waals surface area contributed by atoms with E-state index in [9.17, 15) is 9.59 Å². The number of nitrogens with one attached hydrogen (secondary N) is 1. The van der Waals surface area contributed by atoms with Gasteiger partial charge in [0.05, 0.1) is 12.3 Å². The van der Waals surface area contributed by atoms with Gasteiger partial charge < -0.3 is 10.1 Å². The Balaban J connectivity index is 1.87. The molecule has 0 bridgehead atoms. The first-order valence-electron chi connectivity index (χ1n) is 8.28. The molecule has 132 valence electrons. The quantitative estimate of drug-likeness (QED) is 0.768. The van der Waals surface area contributed by atoms with Crippen LogP contribution in [-0.2, 0) is 0 Å². The molecule has 0 aliphatic heterocycles. The number of rotatable bonds is 5. The highest BCUT2D eigenvalue weighted by Gasteiger charge is 2.14. The summed E-state index contributed by atoms with van der Waals surface area (Å²) in [4.78, 5) is 24.5. The Morgan fingerprint density at radius 3 is 2.62 bits per heavy atom. The standard InChI is InChI=1S/C20H19N3O3/c1-3-26-17-9-7-16(8-10-17)23-12-11-18(24)19(22-23)20(25)21-15-6-4-5-14(2)13-15/h4-13H,3H2,1-2H3,(H,21,25). The fourth-order valence-corrected chi connectivity index (χ4v) is 2.48. The van der Waals surface area contributed by atoms with Crippen LogP contribution in [0.1, 0.15) is 23.0 Å². The van der Waals surface area contributed by atoms with Gasteiger partial charge in [0, 0.05) is 18.0 Å². The van der Waals surface area contributed by atoms with Crippen molar-refractivity contribution in [2.75, 3.05) is 11.9 Å². The van der Waals surface area contributed by atoms with Gasteiger partial charge in [0.2, 0.25) is 5.43 Å². The van der Waals surface area contributed by atoms with Crippen molar-refractivity contribution in [3.8, 4) is 11.4 Å². The van der Waals surface area contributed by atoms with E-state index in [4.69, 9.17) is 4.74 Å². The highest BCUT2D eigenvalue weighted by atomic mass is 16.5. The number of ether oxygens (including phenoxy) is 1. The van der Waals surface area contributed by atoms with Gasteiger partial charge in [0.25, 0.3) is 5.91 Å². The Morgan fingerprint density at radius 1 is 1.15 bits per heavy atom. The van der Waals surface area contributed by atoms with E-state index in [1.54, 1.807) is 6.07 Å². The molecule has 0 fully saturated rings.